The highest BCUT2D eigenvalue weighted by molar-refractivity contribution is 6.31. The number of fused-ring (bicyclic) bond motifs is 1. The minimum Gasteiger partial charge on any atom is -0.482 e. The van der Waals surface area contributed by atoms with Crippen LogP contribution < -0.4 is 31.4 Å². The standard InChI is InChI=1S/C27H36ClN9O5/c1-4-31-27(40)35-11-9-16(10-12-35)37-19-13-17(42-15-21(38)41-6-3)7-8-18(19)36(5-2)20(37)14-32-26(39)22-24(29)34-25(30)23(28)33-22/h7-8,13,16H,4-6,9-12,14-15H2,1-3H3,(H5-,29,30,31,32,34,39,40)/p+1. The number of nitrogens with one attached hydrogen (secondary N) is 2. The van der Waals surface area contributed by atoms with Crippen molar-refractivity contribution in [3.8, 4) is 5.75 Å². The van der Waals surface area contributed by atoms with Gasteiger partial charge >= 0.3 is 12.0 Å². The van der Waals surface area contributed by atoms with E-state index in [0.29, 0.717) is 44.8 Å². The minimum atomic E-state index is -0.550. The molecule has 1 aliphatic rings. The first-order valence-corrected chi connectivity index (χ1v) is 14.3. The molecule has 2 aromatic heterocycles. The fourth-order valence-electron chi connectivity index (χ4n) is 5.15. The number of rotatable bonds is 10. The van der Waals surface area contributed by atoms with Gasteiger partial charge in [-0.3, -0.25) is 4.79 Å². The Balaban J connectivity index is 1.69. The number of aromatic nitrogens is 4. The molecule has 3 heterocycles. The Morgan fingerprint density at radius 1 is 1.10 bits per heavy atom. The number of carbonyl (C=O) groups is 3. The molecule has 3 amide bonds. The number of nitrogens with zero attached hydrogens (tertiary/aromatic N) is 5. The second-order valence-electron chi connectivity index (χ2n) is 9.64. The van der Waals surface area contributed by atoms with Crippen molar-refractivity contribution >= 4 is 52.2 Å². The fourth-order valence-corrected chi connectivity index (χ4v) is 5.28. The van der Waals surface area contributed by atoms with Gasteiger partial charge in [0.2, 0.25) is 0 Å². The highest BCUT2D eigenvalue weighted by atomic mass is 35.5. The maximum absolute atomic E-state index is 13.1. The molecule has 4 rings (SSSR count). The van der Waals surface area contributed by atoms with Gasteiger partial charge in [-0.2, -0.15) is 0 Å². The summed E-state index contributed by atoms with van der Waals surface area (Å²) < 4.78 is 15.0. The van der Waals surface area contributed by atoms with Crippen molar-refractivity contribution in [3.05, 3.63) is 34.9 Å². The number of nitrogens with two attached hydrogens (primary N) is 2. The molecule has 15 heteroatoms. The lowest BCUT2D eigenvalue weighted by molar-refractivity contribution is -0.676. The lowest BCUT2D eigenvalue weighted by Crippen LogP contribution is -2.45. The van der Waals surface area contributed by atoms with E-state index in [1.54, 1.807) is 17.9 Å². The summed E-state index contributed by atoms with van der Waals surface area (Å²) in [4.78, 5) is 47.2. The van der Waals surface area contributed by atoms with Gasteiger partial charge in [0.1, 0.15) is 18.3 Å². The molecule has 14 nitrogen and oxygen atoms in total. The Hall–Kier alpha value is -4.33. The number of nitrogen functional groups attached to an aromatic ring is 2. The van der Waals surface area contributed by atoms with Crippen LogP contribution in [0, 0.1) is 0 Å². The SMILES string of the molecule is CCNC(=O)N1CCC(n2c(CNC(=O)c3nc(Cl)c(N)nc3N)[n+](CC)c3ccc(OCC(=O)OCC)cc32)CC1. The Morgan fingerprint density at radius 2 is 1.83 bits per heavy atom. The van der Waals surface area contributed by atoms with Gasteiger partial charge in [0.05, 0.1) is 13.2 Å². The highest BCUT2D eigenvalue weighted by Crippen LogP contribution is 2.30. The molecular weight excluding hydrogens is 566 g/mol. The van der Waals surface area contributed by atoms with Crippen molar-refractivity contribution in [3.63, 3.8) is 0 Å². The average Bonchev–Trinajstić information content (AvgIpc) is 3.29. The first-order chi connectivity index (χ1) is 20.2. The van der Waals surface area contributed by atoms with E-state index in [1.165, 1.54) is 0 Å². The van der Waals surface area contributed by atoms with Crippen LogP contribution in [0.5, 0.6) is 5.75 Å². The number of ether oxygens (including phenoxy) is 2. The number of halogens is 1. The Bertz CT molecular complexity index is 1470. The average molecular weight is 603 g/mol. The molecule has 0 aliphatic carbocycles. The van der Waals surface area contributed by atoms with Crippen molar-refractivity contribution in [2.45, 2.75) is 52.7 Å². The Kier molecular flexibility index (Phi) is 9.88. The van der Waals surface area contributed by atoms with E-state index >= 15 is 0 Å². The van der Waals surface area contributed by atoms with Crippen LogP contribution in [0.1, 0.15) is 56.0 Å². The second-order valence-corrected chi connectivity index (χ2v) is 10.0. The molecule has 0 radical (unpaired) electrons. The third kappa shape index (κ3) is 6.59. The molecule has 42 heavy (non-hydrogen) atoms. The smallest absolute Gasteiger partial charge is 0.344 e. The van der Waals surface area contributed by atoms with Crippen LogP contribution in [0.25, 0.3) is 11.0 Å². The number of imidazole rings is 1. The van der Waals surface area contributed by atoms with E-state index in [2.05, 4.69) is 29.7 Å². The molecule has 1 saturated heterocycles. The van der Waals surface area contributed by atoms with Gasteiger partial charge in [0.25, 0.3) is 11.7 Å². The number of hydrogen-bond acceptors (Lipinski definition) is 9. The third-order valence-electron chi connectivity index (χ3n) is 7.04. The molecule has 226 valence electrons. The number of benzene rings is 1. The van der Waals surface area contributed by atoms with E-state index in [0.717, 1.165) is 16.9 Å². The van der Waals surface area contributed by atoms with Crippen LogP contribution >= 0.6 is 11.6 Å². The maximum Gasteiger partial charge on any atom is 0.344 e. The summed E-state index contributed by atoms with van der Waals surface area (Å²) in [5, 5.41) is 5.65. The lowest BCUT2D eigenvalue weighted by atomic mass is 10.0. The molecule has 0 bridgehead atoms. The van der Waals surface area contributed by atoms with Gasteiger partial charge in [-0.25, -0.2) is 28.7 Å². The molecule has 0 spiro atoms. The lowest BCUT2D eigenvalue weighted by Gasteiger charge is -2.31. The summed E-state index contributed by atoms with van der Waals surface area (Å²) in [5.41, 5.74) is 13.2. The summed E-state index contributed by atoms with van der Waals surface area (Å²) in [6.45, 7) is 8.15. The van der Waals surface area contributed by atoms with Crippen LogP contribution in [0.2, 0.25) is 5.15 Å². The van der Waals surface area contributed by atoms with E-state index in [1.807, 2.05) is 26.0 Å². The fraction of sp³-hybridized carbons (Fsp3) is 0.481. The zero-order chi connectivity index (χ0) is 30.4. The third-order valence-corrected chi connectivity index (χ3v) is 7.32. The van der Waals surface area contributed by atoms with Crippen LogP contribution in [-0.2, 0) is 22.6 Å². The summed E-state index contributed by atoms with van der Waals surface area (Å²) in [6.07, 6.45) is 1.40. The molecule has 1 fully saturated rings. The summed E-state index contributed by atoms with van der Waals surface area (Å²) in [5.74, 6) is 0.142. The van der Waals surface area contributed by atoms with Gasteiger partial charge in [0, 0.05) is 38.5 Å². The van der Waals surface area contributed by atoms with E-state index in [4.69, 9.17) is 32.5 Å². The number of aryl methyl sites for hydroxylation is 1. The number of anilines is 2. The molecule has 0 unspecified atom stereocenters. The second kappa shape index (κ2) is 13.6. The number of hydrogen-bond donors (Lipinski definition) is 4. The van der Waals surface area contributed by atoms with Gasteiger partial charge < -0.3 is 36.5 Å². The van der Waals surface area contributed by atoms with Crippen molar-refractivity contribution < 1.29 is 28.4 Å². The summed E-state index contributed by atoms with van der Waals surface area (Å²) in [7, 11) is 0. The van der Waals surface area contributed by atoms with Crippen molar-refractivity contribution in [1.29, 1.82) is 0 Å². The Labute approximate surface area is 248 Å². The number of urea groups is 1. The molecular formula is C27H37ClN9O5+. The van der Waals surface area contributed by atoms with E-state index in [-0.39, 0.29) is 54.3 Å². The number of likely N-dealkylation sites (tertiary alicyclic amines) is 1. The number of esters is 1. The quantitative estimate of drug-likeness (QED) is 0.198. The molecule has 0 atom stereocenters. The highest BCUT2D eigenvalue weighted by Gasteiger charge is 2.34. The van der Waals surface area contributed by atoms with Crippen LogP contribution in [-0.4, -0.2) is 70.2 Å². The van der Waals surface area contributed by atoms with Crippen molar-refractivity contribution in [2.24, 2.45) is 0 Å². The van der Waals surface area contributed by atoms with Gasteiger partial charge in [-0.1, -0.05) is 11.6 Å². The topological polar surface area (TPSA) is 184 Å². The van der Waals surface area contributed by atoms with Crippen molar-refractivity contribution in [2.75, 3.05) is 44.3 Å². The number of carbonyl (C=O) groups excluding carboxylic acids is 3. The van der Waals surface area contributed by atoms with Crippen LogP contribution in [0.3, 0.4) is 0 Å². The molecule has 0 saturated carbocycles. The van der Waals surface area contributed by atoms with Gasteiger partial charge in [-0.05, 0) is 32.9 Å². The van der Waals surface area contributed by atoms with Crippen LogP contribution in [0.4, 0.5) is 16.4 Å². The Morgan fingerprint density at radius 3 is 2.50 bits per heavy atom. The van der Waals surface area contributed by atoms with Crippen LogP contribution in [0.15, 0.2) is 18.2 Å². The zero-order valence-electron chi connectivity index (χ0n) is 24.0. The first-order valence-electron chi connectivity index (χ1n) is 13.9. The van der Waals surface area contributed by atoms with Gasteiger partial charge in [-0.15, -0.1) is 0 Å². The van der Waals surface area contributed by atoms with E-state index in [9.17, 15) is 14.4 Å². The minimum absolute atomic E-state index is 0.0222. The number of amides is 3. The zero-order valence-corrected chi connectivity index (χ0v) is 24.7. The predicted molar refractivity (Wildman–Crippen MR) is 156 cm³/mol. The largest absolute Gasteiger partial charge is 0.482 e. The normalized spacial score (nSPS) is 13.7. The summed E-state index contributed by atoms with van der Waals surface area (Å²) in [6, 6.07) is 5.54. The molecule has 1 aromatic carbocycles. The number of piperidine rings is 1. The van der Waals surface area contributed by atoms with Gasteiger partial charge in [0.15, 0.2) is 40.1 Å². The van der Waals surface area contributed by atoms with Crippen molar-refractivity contribution in [1.82, 2.24) is 30.1 Å². The van der Waals surface area contributed by atoms with E-state index < -0.39 is 11.9 Å². The monoisotopic (exact) mass is 602 g/mol. The predicted octanol–water partition coefficient (Wildman–Crippen LogP) is 1.79. The first kappa shape index (κ1) is 30.6. The molecule has 1 aliphatic heterocycles. The summed E-state index contributed by atoms with van der Waals surface area (Å²) >= 11 is 5.99. The molecule has 6 N–H and O–H groups in total. The maximum atomic E-state index is 13.1. The molecule has 3 aromatic rings.